The highest BCUT2D eigenvalue weighted by molar-refractivity contribution is 5.42. The molecular formula is C18H21N3. The van der Waals surface area contributed by atoms with Crippen LogP contribution in [0.1, 0.15) is 35.5 Å². The van der Waals surface area contributed by atoms with Crippen LogP contribution in [-0.4, -0.2) is 9.38 Å². The molecule has 0 fully saturated rings. The first-order chi connectivity index (χ1) is 10.1. The largest absolute Gasteiger partial charge is 0.305 e. The smallest absolute Gasteiger partial charge is 0.137 e. The van der Waals surface area contributed by atoms with E-state index in [0.29, 0.717) is 6.04 Å². The third-order valence-corrected chi connectivity index (χ3v) is 3.98. The van der Waals surface area contributed by atoms with Gasteiger partial charge in [0.25, 0.3) is 0 Å². The number of hydrogen-bond donors (Lipinski definition) is 1. The molecule has 3 nitrogen and oxygen atoms in total. The number of fused-ring (bicyclic) bond motifs is 1. The fraction of sp³-hybridized carbons (Fsp3) is 0.278. The summed E-state index contributed by atoms with van der Waals surface area (Å²) in [6.07, 6.45) is 2.07. The predicted molar refractivity (Wildman–Crippen MR) is 86.4 cm³/mol. The molecule has 0 aliphatic heterocycles. The Morgan fingerprint density at radius 3 is 2.62 bits per heavy atom. The summed E-state index contributed by atoms with van der Waals surface area (Å²) >= 11 is 0. The molecule has 1 N–H and O–H groups in total. The molecule has 0 aliphatic carbocycles. The number of nitrogens with zero attached hydrogens (tertiary/aromatic N) is 2. The van der Waals surface area contributed by atoms with E-state index in [1.807, 2.05) is 18.2 Å². The Kier molecular flexibility index (Phi) is 3.76. The molecule has 0 unspecified atom stereocenters. The number of benzene rings is 1. The van der Waals surface area contributed by atoms with E-state index in [4.69, 9.17) is 0 Å². The number of pyridine rings is 1. The van der Waals surface area contributed by atoms with E-state index in [1.165, 1.54) is 16.8 Å². The second-order valence-electron chi connectivity index (χ2n) is 5.59. The zero-order chi connectivity index (χ0) is 14.8. The molecule has 1 aromatic carbocycles. The van der Waals surface area contributed by atoms with E-state index < -0.39 is 0 Å². The summed E-state index contributed by atoms with van der Waals surface area (Å²) in [5, 5.41) is 3.59. The Hall–Kier alpha value is -2.13. The summed E-state index contributed by atoms with van der Waals surface area (Å²) in [6.45, 7) is 7.19. The monoisotopic (exact) mass is 279 g/mol. The van der Waals surface area contributed by atoms with Crippen LogP contribution in [0.5, 0.6) is 0 Å². The predicted octanol–water partition coefficient (Wildman–Crippen LogP) is 3.80. The van der Waals surface area contributed by atoms with Crippen LogP contribution >= 0.6 is 0 Å². The van der Waals surface area contributed by atoms with Crippen molar-refractivity contribution >= 4 is 5.65 Å². The van der Waals surface area contributed by atoms with Crippen molar-refractivity contribution in [3.63, 3.8) is 0 Å². The molecule has 2 aromatic heterocycles. The van der Waals surface area contributed by atoms with Crippen LogP contribution in [0.25, 0.3) is 5.65 Å². The number of aryl methyl sites for hydroxylation is 2. The summed E-state index contributed by atoms with van der Waals surface area (Å²) in [5.41, 5.74) is 5.93. The molecule has 21 heavy (non-hydrogen) atoms. The minimum Gasteiger partial charge on any atom is -0.305 e. The highest BCUT2D eigenvalue weighted by atomic mass is 15.0. The minimum absolute atomic E-state index is 0.319. The van der Waals surface area contributed by atoms with E-state index >= 15 is 0 Å². The maximum Gasteiger partial charge on any atom is 0.137 e. The molecule has 0 aliphatic rings. The summed E-state index contributed by atoms with van der Waals surface area (Å²) < 4.78 is 2.16. The van der Waals surface area contributed by atoms with Gasteiger partial charge in [-0.3, -0.25) is 0 Å². The van der Waals surface area contributed by atoms with Gasteiger partial charge in [-0.2, -0.15) is 0 Å². The number of nitrogens with one attached hydrogen (secondary N) is 1. The number of hydrogen-bond acceptors (Lipinski definition) is 2. The molecular weight excluding hydrogens is 258 g/mol. The van der Waals surface area contributed by atoms with Gasteiger partial charge in [0.1, 0.15) is 5.65 Å². The molecule has 3 aromatic rings. The molecule has 2 heterocycles. The lowest BCUT2D eigenvalue weighted by Crippen LogP contribution is -2.19. The van der Waals surface area contributed by atoms with Gasteiger partial charge in [-0.1, -0.05) is 35.9 Å². The van der Waals surface area contributed by atoms with Crippen LogP contribution in [0.2, 0.25) is 0 Å². The quantitative estimate of drug-likeness (QED) is 0.787. The van der Waals surface area contributed by atoms with Crippen molar-refractivity contribution in [3.8, 4) is 0 Å². The fourth-order valence-electron chi connectivity index (χ4n) is 2.60. The lowest BCUT2D eigenvalue weighted by molar-refractivity contribution is 0.564. The maximum absolute atomic E-state index is 4.60. The van der Waals surface area contributed by atoms with Crippen molar-refractivity contribution in [2.75, 3.05) is 0 Å². The maximum atomic E-state index is 4.60. The second-order valence-corrected chi connectivity index (χ2v) is 5.59. The van der Waals surface area contributed by atoms with Crippen molar-refractivity contribution in [3.05, 3.63) is 71.2 Å². The highest BCUT2D eigenvalue weighted by Gasteiger charge is 2.10. The van der Waals surface area contributed by atoms with Crippen molar-refractivity contribution in [1.82, 2.24) is 14.7 Å². The van der Waals surface area contributed by atoms with E-state index in [-0.39, 0.29) is 0 Å². The second kappa shape index (κ2) is 5.70. The summed E-state index contributed by atoms with van der Waals surface area (Å²) in [6, 6.07) is 15.1. The van der Waals surface area contributed by atoms with Crippen LogP contribution in [0.3, 0.4) is 0 Å². The van der Waals surface area contributed by atoms with E-state index in [9.17, 15) is 0 Å². The number of rotatable bonds is 4. The van der Waals surface area contributed by atoms with Crippen molar-refractivity contribution in [2.24, 2.45) is 0 Å². The van der Waals surface area contributed by atoms with Crippen LogP contribution in [-0.2, 0) is 6.54 Å². The van der Waals surface area contributed by atoms with E-state index in [1.54, 1.807) is 0 Å². The molecule has 1 atom stereocenters. The van der Waals surface area contributed by atoms with Crippen molar-refractivity contribution in [2.45, 2.75) is 33.4 Å². The van der Waals surface area contributed by atoms with Crippen molar-refractivity contribution < 1.29 is 0 Å². The van der Waals surface area contributed by atoms with Gasteiger partial charge in [0.2, 0.25) is 0 Å². The Bertz CT molecular complexity index is 741. The van der Waals surface area contributed by atoms with Crippen LogP contribution < -0.4 is 5.32 Å². The average Bonchev–Trinajstić information content (AvgIpc) is 2.81. The number of imidazole rings is 1. The zero-order valence-corrected chi connectivity index (χ0v) is 12.8. The standard InChI is InChI=1S/C18H21N3/c1-13-7-9-16(10-8-13)14(2)19-12-17-15(3)20-18-6-4-5-11-21(17)18/h4-11,14,19H,12H2,1-3H3/t14-/m1/s1. The van der Waals surface area contributed by atoms with Gasteiger partial charge < -0.3 is 9.72 Å². The van der Waals surface area contributed by atoms with Crippen LogP contribution in [0.4, 0.5) is 0 Å². The summed E-state index contributed by atoms with van der Waals surface area (Å²) in [5.74, 6) is 0. The summed E-state index contributed by atoms with van der Waals surface area (Å²) in [7, 11) is 0. The normalized spacial score (nSPS) is 12.7. The molecule has 0 radical (unpaired) electrons. The lowest BCUT2D eigenvalue weighted by atomic mass is 10.1. The molecule has 0 saturated carbocycles. The first-order valence-corrected chi connectivity index (χ1v) is 7.37. The van der Waals surface area contributed by atoms with Gasteiger partial charge in [0, 0.05) is 18.8 Å². The highest BCUT2D eigenvalue weighted by Crippen LogP contribution is 2.16. The molecule has 0 saturated heterocycles. The summed E-state index contributed by atoms with van der Waals surface area (Å²) in [4.78, 5) is 4.60. The van der Waals surface area contributed by atoms with Crippen LogP contribution in [0.15, 0.2) is 48.7 Å². The Morgan fingerprint density at radius 2 is 1.86 bits per heavy atom. The first kappa shape index (κ1) is 13.8. The van der Waals surface area contributed by atoms with Gasteiger partial charge in [-0.05, 0) is 38.5 Å². The van der Waals surface area contributed by atoms with E-state index in [0.717, 1.165) is 17.9 Å². The van der Waals surface area contributed by atoms with Gasteiger partial charge in [0.15, 0.2) is 0 Å². The SMILES string of the molecule is Cc1ccc([C@@H](C)NCc2c(C)nc3ccccn23)cc1. The molecule has 3 rings (SSSR count). The zero-order valence-electron chi connectivity index (χ0n) is 12.8. The molecule has 0 bridgehead atoms. The van der Waals surface area contributed by atoms with E-state index in [2.05, 4.69) is 65.9 Å². The van der Waals surface area contributed by atoms with Gasteiger partial charge in [-0.25, -0.2) is 4.98 Å². The van der Waals surface area contributed by atoms with Crippen LogP contribution in [0, 0.1) is 13.8 Å². The Balaban J connectivity index is 1.77. The third kappa shape index (κ3) is 2.83. The molecule has 0 spiro atoms. The third-order valence-electron chi connectivity index (χ3n) is 3.98. The first-order valence-electron chi connectivity index (χ1n) is 7.37. The van der Waals surface area contributed by atoms with Gasteiger partial charge in [-0.15, -0.1) is 0 Å². The molecule has 3 heteroatoms. The molecule has 0 amide bonds. The fourth-order valence-corrected chi connectivity index (χ4v) is 2.60. The van der Waals surface area contributed by atoms with Gasteiger partial charge >= 0.3 is 0 Å². The average molecular weight is 279 g/mol. The van der Waals surface area contributed by atoms with Crippen molar-refractivity contribution in [1.29, 1.82) is 0 Å². The Labute approximate surface area is 125 Å². The lowest BCUT2D eigenvalue weighted by Gasteiger charge is -2.15. The topological polar surface area (TPSA) is 29.3 Å². The number of aromatic nitrogens is 2. The minimum atomic E-state index is 0.319. The van der Waals surface area contributed by atoms with Gasteiger partial charge in [0.05, 0.1) is 11.4 Å². The molecule has 108 valence electrons. The Morgan fingerprint density at radius 1 is 1.10 bits per heavy atom.